The van der Waals surface area contributed by atoms with E-state index in [0.717, 1.165) is 5.56 Å². The van der Waals surface area contributed by atoms with Crippen molar-refractivity contribution in [2.75, 3.05) is 0 Å². The Bertz CT molecular complexity index is 413. The molecule has 0 aliphatic heterocycles. The number of allylic oxidation sites excluding steroid dienone is 2. The second kappa shape index (κ2) is 4.55. The molecule has 0 radical (unpaired) electrons. The van der Waals surface area contributed by atoms with Crippen LogP contribution in [0, 0.1) is 6.92 Å². The van der Waals surface area contributed by atoms with E-state index in [9.17, 15) is 14.7 Å². The molecule has 1 N–H and O–H groups in total. The first kappa shape index (κ1) is 11.2. The Morgan fingerprint density at radius 1 is 1.27 bits per heavy atom. The van der Waals surface area contributed by atoms with Gasteiger partial charge >= 0.3 is 0 Å². The number of aldehydes is 1. The molecule has 1 aromatic rings. The number of carbonyl (C=O) groups is 2. The van der Waals surface area contributed by atoms with E-state index in [2.05, 4.69) is 0 Å². The van der Waals surface area contributed by atoms with Gasteiger partial charge in [0.25, 0.3) is 0 Å². The zero-order chi connectivity index (χ0) is 11.4. The van der Waals surface area contributed by atoms with Crippen LogP contribution in [0.5, 0.6) is 0 Å². The number of benzene rings is 1. The van der Waals surface area contributed by atoms with Gasteiger partial charge in [0, 0.05) is 0 Å². The van der Waals surface area contributed by atoms with Gasteiger partial charge in [-0.15, -0.1) is 0 Å². The van der Waals surface area contributed by atoms with E-state index in [4.69, 9.17) is 0 Å². The van der Waals surface area contributed by atoms with Crippen molar-refractivity contribution < 1.29 is 14.7 Å². The standard InChI is InChI=1S/C12H12O3/c1-8-3-5-10(6-4-8)12(9(2)14)11(15)7-13/h3-7,15H,1-2H3. The quantitative estimate of drug-likeness (QED) is 0.465. The van der Waals surface area contributed by atoms with E-state index < -0.39 is 5.76 Å². The van der Waals surface area contributed by atoms with E-state index >= 15 is 0 Å². The molecule has 15 heavy (non-hydrogen) atoms. The fourth-order valence-electron chi connectivity index (χ4n) is 1.31. The Morgan fingerprint density at radius 2 is 1.80 bits per heavy atom. The van der Waals surface area contributed by atoms with Crippen molar-refractivity contribution in [2.45, 2.75) is 13.8 Å². The highest BCUT2D eigenvalue weighted by Crippen LogP contribution is 2.18. The summed E-state index contributed by atoms with van der Waals surface area (Å²) in [5, 5.41) is 9.30. The van der Waals surface area contributed by atoms with E-state index in [1.54, 1.807) is 12.1 Å². The molecule has 0 aliphatic rings. The van der Waals surface area contributed by atoms with Gasteiger partial charge in [-0.1, -0.05) is 29.8 Å². The van der Waals surface area contributed by atoms with Gasteiger partial charge in [0.15, 0.2) is 17.8 Å². The van der Waals surface area contributed by atoms with Gasteiger partial charge in [0.05, 0.1) is 5.57 Å². The predicted octanol–water partition coefficient (Wildman–Crippen LogP) is 2.05. The second-order valence-electron chi connectivity index (χ2n) is 3.30. The first-order chi connectivity index (χ1) is 7.06. The third-order valence-corrected chi connectivity index (χ3v) is 2.06. The first-order valence-electron chi connectivity index (χ1n) is 4.52. The molecule has 0 fully saturated rings. The van der Waals surface area contributed by atoms with Crippen LogP contribution in [-0.4, -0.2) is 17.2 Å². The van der Waals surface area contributed by atoms with Crippen LogP contribution in [0.4, 0.5) is 0 Å². The number of aliphatic hydroxyl groups excluding tert-OH is 1. The maximum absolute atomic E-state index is 11.3. The molecule has 0 heterocycles. The Balaban J connectivity index is 3.29. The SMILES string of the molecule is CC(=O)C(=C(O)C=O)c1ccc(C)cc1. The maximum Gasteiger partial charge on any atom is 0.185 e. The van der Waals surface area contributed by atoms with E-state index in [-0.39, 0.29) is 17.6 Å². The summed E-state index contributed by atoms with van der Waals surface area (Å²) >= 11 is 0. The maximum atomic E-state index is 11.3. The van der Waals surface area contributed by atoms with Gasteiger partial charge in [-0.25, -0.2) is 0 Å². The van der Waals surface area contributed by atoms with Crippen LogP contribution < -0.4 is 0 Å². The molecule has 3 nitrogen and oxygen atoms in total. The number of hydrogen-bond donors (Lipinski definition) is 1. The molecule has 0 aliphatic carbocycles. The number of rotatable bonds is 3. The molecule has 0 saturated carbocycles. The van der Waals surface area contributed by atoms with E-state index in [0.29, 0.717) is 5.56 Å². The van der Waals surface area contributed by atoms with Gasteiger partial charge in [-0.2, -0.15) is 0 Å². The van der Waals surface area contributed by atoms with E-state index in [1.165, 1.54) is 6.92 Å². The van der Waals surface area contributed by atoms with Gasteiger partial charge in [0.1, 0.15) is 0 Å². The zero-order valence-electron chi connectivity index (χ0n) is 8.65. The summed E-state index contributed by atoms with van der Waals surface area (Å²) in [5.74, 6) is -0.852. The van der Waals surface area contributed by atoms with Gasteiger partial charge in [0.2, 0.25) is 0 Å². The van der Waals surface area contributed by atoms with Crippen LogP contribution >= 0.6 is 0 Å². The molecule has 78 valence electrons. The van der Waals surface area contributed by atoms with Crippen molar-refractivity contribution in [1.82, 2.24) is 0 Å². The summed E-state index contributed by atoms with van der Waals surface area (Å²) < 4.78 is 0. The molecule has 0 bridgehead atoms. The Morgan fingerprint density at radius 3 is 2.20 bits per heavy atom. The lowest BCUT2D eigenvalue weighted by Crippen LogP contribution is -2.01. The largest absolute Gasteiger partial charge is 0.504 e. The first-order valence-corrected chi connectivity index (χ1v) is 4.52. The Kier molecular flexibility index (Phi) is 3.39. The fraction of sp³-hybridized carbons (Fsp3) is 0.167. The third-order valence-electron chi connectivity index (χ3n) is 2.06. The molecule has 0 amide bonds. The highest BCUT2D eigenvalue weighted by atomic mass is 16.3. The summed E-state index contributed by atoms with van der Waals surface area (Å²) in [4.78, 5) is 21.7. The minimum Gasteiger partial charge on any atom is -0.504 e. The van der Waals surface area contributed by atoms with Crippen LogP contribution in [-0.2, 0) is 9.59 Å². The number of hydrogen-bond acceptors (Lipinski definition) is 3. The number of carbonyl (C=O) groups excluding carboxylic acids is 2. The number of aryl methyl sites for hydroxylation is 1. The lowest BCUT2D eigenvalue weighted by Gasteiger charge is -2.04. The minimum absolute atomic E-state index is 0.0602. The molecule has 0 saturated heterocycles. The van der Waals surface area contributed by atoms with Crippen LogP contribution in [0.3, 0.4) is 0 Å². The van der Waals surface area contributed by atoms with Crippen molar-refractivity contribution in [1.29, 1.82) is 0 Å². The van der Waals surface area contributed by atoms with Gasteiger partial charge in [-0.3, -0.25) is 9.59 Å². The molecule has 0 aromatic heterocycles. The van der Waals surface area contributed by atoms with Crippen molar-refractivity contribution in [2.24, 2.45) is 0 Å². The second-order valence-corrected chi connectivity index (χ2v) is 3.30. The summed E-state index contributed by atoms with van der Waals surface area (Å²) in [6, 6.07) is 7.03. The summed E-state index contributed by atoms with van der Waals surface area (Å²) in [6.07, 6.45) is 0.274. The highest BCUT2D eigenvalue weighted by Gasteiger charge is 2.12. The highest BCUT2D eigenvalue weighted by molar-refractivity contribution is 6.22. The summed E-state index contributed by atoms with van der Waals surface area (Å²) in [5.41, 5.74) is 1.66. The normalized spacial score (nSPS) is 11.9. The number of aliphatic hydroxyl groups is 1. The molecule has 3 heteroatoms. The van der Waals surface area contributed by atoms with Crippen LogP contribution in [0.25, 0.3) is 5.57 Å². The molecule has 0 unspecified atom stereocenters. The molecule has 0 atom stereocenters. The molecule has 0 spiro atoms. The Hall–Kier alpha value is -1.90. The fourth-order valence-corrected chi connectivity index (χ4v) is 1.31. The topological polar surface area (TPSA) is 54.4 Å². The van der Waals surface area contributed by atoms with Crippen LogP contribution in [0.15, 0.2) is 30.0 Å². The molecule has 1 aromatic carbocycles. The van der Waals surface area contributed by atoms with Gasteiger partial charge in [-0.05, 0) is 19.4 Å². The summed E-state index contributed by atoms with van der Waals surface area (Å²) in [7, 11) is 0. The molecular weight excluding hydrogens is 192 g/mol. The van der Waals surface area contributed by atoms with Crippen LogP contribution in [0.2, 0.25) is 0 Å². The average molecular weight is 204 g/mol. The van der Waals surface area contributed by atoms with Crippen molar-refractivity contribution in [3.8, 4) is 0 Å². The smallest absolute Gasteiger partial charge is 0.185 e. The van der Waals surface area contributed by atoms with E-state index in [1.807, 2.05) is 19.1 Å². The molecular formula is C12H12O3. The Labute approximate surface area is 88.0 Å². The van der Waals surface area contributed by atoms with Gasteiger partial charge < -0.3 is 5.11 Å². The van der Waals surface area contributed by atoms with Crippen molar-refractivity contribution in [3.05, 3.63) is 41.2 Å². The third kappa shape index (κ3) is 2.53. The molecule has 1 rings (SSSR count). The van der Waals surface area contributed by atoms with Crippen molar-refractivity contribution in [3.63, 3.8) is 0 Å². The zero-order valence-corrected chi connectivity index (χ0v) is 8.65. The minimum atomic E-state index is -0.522. The average Bonchev–Trinajstić information content (AvgIpc) is 2.20. The number of Topliss-reactive ketones (excluding diaryl/α,β-unsaturated/α-hetero) is 1. The van der Waals surface area contributed by atoms with Crippen LogP contribution in [0.1, 0.15) is 18.1 Å². The lowest BCUT2D eigenvalue weighted by molar-refractivity contribution is -0.112. The monoisotopic (exact) mass is 204 g/mol. The number of ketones is 1. The van der Waals surface area contributed by atoms with Crippen molar-refractivity contribution >= 4 is 17.6 Å². The predicted molar refractivity (Wildman–Crippen MR) is 57.5 cm³/mol. The summed E-state index contributed by atoms with van der Waals surface area (Å²) in [6.45, 7) is 3.23. The lowest BCUT2D eigenvalue weighted by atomic mass is 10.0.